The van der Waals surface area contributed by atoms with E-state index in [0.29, 0.717) is 11.8 Å². The third-order valence-corrected chi connectivity index (χ3v) is 5.80. The Morgan fingerprint density at radius 1 is 1.29 bits per heavy atom. The van der Waals surface area contributed by atoms with Crippen molar-refractivity contribution < 1.29 is 8.42 Å². The van der Waals surface area contributed by atoms with Gasteiger partial charge in [0.25, 0.3) is 0 Å². The second-order valence-electron chi connectivity index (χ2n) is 5.29. The highest BCUT2D eigenvalue weighted by Crippen LogP contribution is 2.24. The highest BCUT2D eigenvalue weighted by molar-refractivity contribution is 8.00. The Bertz CT molecular complexity index is 294. The number of hydrogen-bond donors (Lipinski definition) is 1. The van der Waals surface area contributed by atoms with E-state index in [9.17, 15) is 8.42 Å². The highest BCUT2D eigenvalue weighted by Gasteiger charge is 2.15. The minimum atomic E-state index is -2.80. The van der Waals surface area contributed by atoms with Crippen LogP contribution in [0.3, 0.4) is 0 Å². The van der Waals surface area contributed by atoms with E-state index < -0.39 is 9.84 Å². The molecule has 5 heteroatoms. The zero-order valence-corrected chi connectivity index (χ0v) is 13.4. The van der Waals surface area contributed by atoms with Crippen LogP contribution in [-0.2, 0) is 9.84 Å². The van der Waals surface area contributed by atoms with Crippen LogP contribution >= 0.6 is 11.8 Å². The van der Waals surface area contributed by atoms with E-state index in [-0.39, 0.29) is 10.5 Å². The molecule has 0 aromatic rings. The molecule has 3 nitrogen and oxygen atoms in total. The van der Waals surface area contributed by atoms with Crippen LogP contribution in [0.5, 0.6) is 0 Å². The fraction of sp³-hybridized carbons (Fsp3) is 1.00. The molecule has 0 fully saturated rings. The van der Waals surface area contributed by atoms with Gasteiger partial charge in [-0.25, -0.2) is 8.42 Å². The average Bonchev–Trinajstić information content (AvgIpc) is 2.21. The Morgan fingerprint density at radius 3 is 2.29 bits per heavy atom. The molecule has 0 aliphatic rings. The average molecular weight is 281 g/mol. The lowest BCUT2D eigenvalue weighted by Gasteiger charge is -2.22. The minimum absolute atomic E-state index is 0.258. The van der Waals surface area contributed by atoms with Crippen molar-refractivity contribution in [2.24, 2.45) is 0 Å². The maximum atomic E-state index is 11.4. The van der Waals surface area contributed by atoms with Crippen LogP contribution < -0.4 is 5.32 Å². The van der Waals surface area contributed by atoms with E-state index in [1.54, 1.807) is 6.92 Å². The SMILES string of the molecule is CCS(=O)(=O)CCCC(CSC(C)(C)C)NC. The molecule has 1 N–H and O–H groups in total. The maximum Gasteiger partial charge on any atom is 0.150 e. The number of hydrogen-bond acceptors (Lipinski definition) is 4. The molecule has 104 valence electrons. The molecule has 0 bridgehead atoms. The van der Waals surface area contributed by atoms with Gasteiger partial charge in [-0.2, -0.15) is 11.8 Å². The van der Waals surface area contributed by atoms with Gasteiger partial charge in [-0.3, -0.25) is 0 Å². The Kier molecular flexibility index (Phi) is 7.76. The molecule has 0 amide bonds. The lowest BCUT2D eigenvalue weighted by molar-refractivity contribution is 0.553. The van der Waals surface area contributed by atoms with Gasteiger partial charge in [-0.15, -0.1) is 0 Å². The van der Waals surface area contributed by atoms with Crippen molar-refractivity contribution in [1.29, 1.82) is 0 Å². The molecule has 0 aliphatic carbocycles. The van der Waals surface area contributed by atoms with Gasteiger partial charge in [0.1, 0.15) is 9.84 Å². The van der Waals surface area contributed by atoms with E-state index in [0.717, 1.165) is 18.6 Å². The van der Waals surface area contributed by atoms with Crippen LogP contribution in [0, 0.1) is 0 Å². The summed E-state index contributed by atoms with van der Waals surface area (Å²) in [6.07, 6.45) is 1.69. The van der Waals surface area contributed by atoms with Crippen molar-refractivity contribution in [2.45, 2.75) is 51.3 Å². The fourth-order valence-electron chi connectivity index (χ4n) is 1.36. The first kappa shape index (κ1) is 17.3. The Hall–Kier alpha value is 0.260. The van der Waals surface area contributed by atoms with Gasteiger partial charge < -0.3 is 5.32 Å². The molecule has 0 saturated heterocycles. The summed E-state index contributed by atoms with van der Waals surface area (Å²) < 4.78 is 23.0. The summed E-state index contributed by atoms with van der Waals surface area (Å²) in [5, 5.41) is 3.26. The molecule has 0 saturated carbocycles. The normalized spacial score (nSPS) is 14.9. The number of nitrogens with one attached hydrogen (secondary N) is 1. The number of sulfone groups is 1. The van der Waals surface area contributed by atoms with E-state index in [2.05, 4.69) is 26.1 Å². The van der Waals surface area contributed by atoms with Gasteiger partial charge in [-0.1, -0.05) is 27.7 Å². The van der Waals surface area contributed by atoms with Gasteiger partial charge in [0.05, 0.1) is 5.75 Å². The molecule has 0 radical (unpaired) electrons. The molecular formula is C12H27NO2S2. The molecule has 1 atom stereocenters. The Morgan fingerprint density at radius 2 is 1.88 bits per heavy atom. The van der Waals surface area contributed by atoms with Crippen molar-refractivity contribution in [3.63, 3.8) is 0 Å². The van der Waals surface area contributed by atoms with Crippen molar-refractivity contribution in [3.05, 3.63) is 0 Å². The van der Waals surface area contributed by atoms with Crippen molar-refractivity contribution >= 4 is 21.6 Å². The summed E-state index contributed by atoms with van der Waals surface area (Å²) in [6.45, 7) is 8.31. The molecular weight excluding hydrogens is 254 g/mol. The molecule has 0 rings (SSSR count). The zero-order chi connectivity index (χ0) is 13.5. The number of thioether (sulfide) groups is 1. The molecule has 0 heterocycles. The standard InChI is InChI=1S/C12H27NO2S2/c1-6-17(14,15)9-7-8-11(13-5)10-16-12(2,3)4/h11,13H,6-10H2,1-5H3. The highest BCUT2D eigenvalue weighted by atomic mass is 32.2. The monoisotopic (exact) mass is 281 g/mol. The van der Waals surface area contributed by atoms with Gasteiger partial charge in [0.15, 0.2) is 0 Å². The van der Waals surface area contributed by atoms with E-state index in [1.165, 1.54) is 0 Å². The van der Waals surface area contributed by atoms with Crippen molar-refractivity contribution in [3.8, 4) is 0 Å². The third-order valence-electron chi connectivity index (χ3n) is 2.57. The van der Waals surface area contributed by atoms with Crippen LogP contribution in [0.2, 0.25) is 0 Å². The quantitative estimate of drug-likeness (QED) is 0.742. The first-order valence-corrected chi connectivity index (χ1v) is 9.02. The van der Waals surface area contributed by atoms with Crippen LogP contribution in [0.1, 0.15) is 40.5 Å². The lowest BCUT2D eigenvalue weighted by atomic mass is 10.2. The topological polar surface area (TPSA) is 46.2 Å². The second kappa shape index (κ2) is 7.64. The summed E-state index contributed by atoms with van der Waals surface area (Å²) in [4.78, 5) is 0. The second-order valence-corrected chi connectivity index (χ2v) is 9.61. The molecule has 17 heavy (non-hydrogen) atoms. The number of rotatable bonds is 8. The summed E-state index contributed by atoms with van der Waals surface area (Å²) in [7, 11) is -0.855. The van der Waals surface area contributed by atoms with Crippen LogP contribution in [0.25, 0.3) is 0 Å². The first-order valence-electron chi connectivity index (χ1n) is 6.22. The summed E-state index contributed by atoms with van der Waals surface area (Å²) in [6, 6.07) is 0.409. The Balaban J connectivity index is 3.91. The van der Waals surface area contributed by atoms with Crippen molar-refractivity contribution in [2.75, 3.05) is 24.3 Å². The van der Waals surface area contributed by atoms with Gasteiger partial charge >= 0.3 is 0 Å². The predicted molar refractivity (Wildman–Crippen MR) is 78.6 cm³/mol. The van der Waals surface area contributed by atoms with Crippen LogP contribution in [0.15, 0.2) is 0 Å². The maximum absolute atomic E-state index is 11.4. The molecule has 0 aliphatic heterocycles. The largest absolute Gasteiger partial charge is 0.316 e. The van der Waals surface area contributed by atoms with E-state index in [1.807, 2.05) is 18.8 Å². The van der Waals surface area contributed by atoms with Crippen molar-refractivity contribution in [1.82, 2.24) is 5.32 Å². The van der Waals surface area contributed by atoms with E-state index in [4.69, 9.17) is 0 Å². The van der Waals surface area contributed by atoms with Gasteiger partial charge in [-0.05, 0) is 19.9 Å². The third kappa shape index (κ3) is 9.92. The molecule has 0 aromatic heterocycles. The smallest absolute Gasteiger partial charge is 0.150 e. The minimum Gasteiger partial charge on any atom is -0.316 e. The van der Waals surface area contributed by atoms with Crippen LogP contribution in [-0.4, -0.2) is 43.5 Å². The fourth-order valence-corrected chi connectivity index (χ4v) is 3.29. The molecule has 0 spiro atoms. The van der Waals surface area contributed by atoms with E-state index >= 15 is 0 Å². The lowest BCUT2D eigenvalue weighted by Crippen LogP contribution is -2.30. The molecule has 1 unspecified atom stereocenters. The summed E-state index contributed by atoms with van der Waals surface area (Å²) in [5.74, 6) is 1.61. The zero-order valence-electron chi connectivity index (χ0n) is 11.7. The van der Waals surface area contributed by atoms with Gasteiger partial charge in [0, 0.05) is 22.3 Å². The summed E-state index contributed by atoms with van der Waals surface area (Å²) >= 11 is 1.92. The van der Waals surface area contributed by atoms with Crippen LogP contribution in [0.4, 0.5) is 0 Å². The summed E-state index contributed by atoms with van der Waals surface area (Å²) in [5.41, 5.74) is 0. The first-order chi connectivity index (χ1) is 7.70. The Labute approximate surface area is 111 Å². The molecule has 0 aromatic carbocycles. The predicted octanol–water partition coefficient (Wildman–Crippen LogP) is 2.32. The van der Waals surface area contributed by atoms with Gasteiger partial charge in [0.2, 0.25) is 0 Å².